The second-order valence-corrected chi connectivity index (χ2v) is 7.75. The summed E-state index contributed by atoms with van der Waals surface area (Å²) in [6.07, 6.45) is 7.34. The first kappa shape index (κ1) is 18.9. The maximum Gasteiger partial charge on any atom is 0.170 e. The monoisotopic (exact) mass is 387 g/mol. The molecule has 3 aromatic heterocycles. The van der Waals surface area contributed by atoms with E-state index in [1.165, 1.54) is 16.7 Å². The highest BCUT2D eigenvalue weighted by Crippen LogP contribution is 2.25. The molecule has 4 aromatic rings. The van der Waals surface area contributed by atoms with Gasteiger partial charge in [0.05, 0.1) is 17.5 Å². The third-order valence-corrected chi connectivity index (χ3v) is 4.72. The number of aromatic nitrogens is 4. The van der Waals surface area contributed by atoms with Crippen molar-refractivity contribution in [3.63, 3.8) is 0 Å². The van der Waals surface area contributed by atoms with E-state index in [9.17, 15) is 0 Å². The van der Waals surface area contributed by atoms with Crippen molar-refractivity contribution < 1.29 is 4.52 Å². The molecule has 0 fully saturated rings. The van der Waals surface area contributed by atoms with E-state index < -0.39 is 0 Å². The van der Waals surface area contributed by atoms with Crippen LogP contribution in [0, 0.1) is 5.92 Å². The van der Waals surface area contributed by atoms with Gasteiger partial charge in [0.15, 0.2) is 5.76 Å². The number of nitrogens with two attached hydrogens (primary N) is 1. The van der Waals surface area contributed by atoms with Crippen molar-refractivity contribution in [1.82, 2.24) is 19.9 Å². The number of rotatable bonds is 7. The predicted molar refractivity (Wildman–Crippen MR) is 113 cm³/mol. The minimum absolute atomic E-state index is 0.441. The minimum atomic E-state index is 0.441. The standard InChI is InChI=1S/C23H25N5O/c1-16(2)14-28-15-19(13-26-28)10-17-5-7-18(8-6-17)11-20-12-22(29-27-20)21-4-3-9-25-23(21)24/h3-9,12-13,15-16H,10-11,14H2,1-2H3,(H2,24,25). The fourth-order valence-electron chi connectivity index (χ4n) is 3.34. The maximum absolute atomic E-state index is 5.91. The molecule has 0 unspecified atom stereocenters. The van der Waals surface area contributed by atoms with Crippen LogP contribution in [0.5, 0.6) is 0 Å². The van der Waals surface area contributed by atoms with Gasteiger partial charge in [0.1, 0.15) is 5.82 Å². The van der Waals surface area contributed by atoms with Gasteiger partial charge in [0.25, 0.3) is 0 Å². The molecule has 0 atom stereocenters. The largest absolute Gasteiger partial charge is 0.383 e. The number of benzene rings is 1. The van der Waals surface area contributed by atoms with Crippen LogP contribution in [0.15, 0.2) is 65.6 Å². The van der Waals surface area contributed by atoms with Crippen LogP contribution in [-0.2, 0) is 19.4 Å². The highest BCUT2D eigenvalue weighted by molar-refractivity contribution is 5.69. The van der Waals surface area contributed by atoms with Gasteiger partial charge in [-0.2, -0.15) is 5.10 Å². The lowest BCUT2D eigenvalue weighted by molar-refractivity contribution is 0.425. The second kappa shape index (κ2) is 8.31. The van der Waals surface area contributed by atoms with E-state index in [1.54, 1.807) is 6.20 Å². The highest BCUT2D eigenvalue weighted by Gasteiger charge is 2.11. The topological polar surface area (TPSA) is 82.8 Å². The number of pyridine rings is 1. The van der Waals surface area contributed by atoms with Gasteiger partial charge < -0.3 is 10.3 Å². The van der Waals surface area contributed by atoms with E-state index in [2.05, 4.69) is 59.5 Å². The summed E-state index contributed by atoms with van der Waals surface area (Å²) in [4.78, 5) is 4.09. The molecule has 1 aromatic carbocycles. The molecule has 3 heterocycles. The molecule has 6 heteroatoms. The number of nitrogens with zero attached hydrogens (tertiary/aromatic N) is 4. The zero-order chi connectivity index (χ0) is 20.2. The van der Waals surface area contributed by atoms with Crippen molar-refractivity contribution in [2.45, 2.75) is 33.2 Å². The molecule has 6 nitrogen and oxygen atoms in total. The second-order valence-electron chi connectivity index (χ2n) is 7.75. The number of hydrogen-bond donors (Lipinski definition) is 1. The van der Waals surface area contributed by atoms with Crippen molar-refractivity contribution in [2.75, 3.05) is 5.73 Å². The lowest BCUT2D eigenvalue weighted by atomic mass is 10.0. The van der Waals surface area contributed by atoms with Gasteiger partial charge in [-0.1, -0.05) is 43.3 Å². The molecule has 0 aliphatic carbocycles. The normalized spacial score (nSPS) is 11.3. The molecule has 0 aliphatic rings. The Bertz CT molecular complexity index is 1080. The van der Waals surface area contributed by atoms with E-state index in [0.717, 1.165) is 24.2 Å². The molecule has 148 valence electrons. The molecule has 0 radical (unpaired) electrons. The van der Waals surface area contributed by atoms with Crippen molar-refractivity contribution in [1.29, 1.82) is 0 Å². The molecule has 0 spiro atoms. The molecule has 4 rings (SSSR count). The molecular formula is C23H25N5O. The summed E-state index contributed by atoms with van der Waals surface area (Å²) < 4.78 is 7.48. The van der Waals surface area contributed by atoms with Gasteiger partial charge in [0.2, 0.25) is 0 Å². The van der Waals surface area contributed by atoms with Gasteiger partial charge >= 0.3 is 0 Å². The Labute approximate surface area is 170 Å². The summed E-state index contributed by atoms with van der Waals surface area (Å²) in [7, 11) is 0. The summed E-state index contributed by atoms with van der Waals surface area (Å²) in [5.41, 5.74) is 11.2. The molecule has 2 N–H and O–H groups in total. The third-order valence-electron chi connectivity index (χ3n) is 4.72. The third kappa shape index (κ3) is 4.71. The smallest absolute Gasteiger partial charge is 0.170 e. The van der Waals surface area contributed by atoms with Crippen molar-refractivity contribution in [3.8, 4) is 11.3 Å². The Kier molecular flexibility index (Phi) is 5.42. The van der Waals surface area contributed by atoms with Crippen LogP contribution in [0.4, 0.5) is 5.82 Å². The molecule has 0 amide bonds. The van der Waals surface area contributed by atoms with Crippen LogP contribution in [0.2, 0.25) is 0 Å². The van der Waals surface area contributed by atoms with Gasteiger partial charge in [0, 0.05) is 37.8 Å². The number of anilines is 1. The predicted octanol–water partition coefficient (Wildman–Crippen LogP) is 4.35. The SMILES string of the molecule is CC(C)Cn1cc(Cc2ccc(Cc3cc(-c4cccnc4N)on3)cc2)cn1. The van der Waals surface area contributed by atoms with E-state index in [0.29, 0.717) is 23.9 Å². The quantitative estimate of drug-likeness (QED) is 0.510. The maximum atomic E-state index is 5.91. The fraction of sp³-hybridized carbons (Fsp3) is 0.261. The highest BCUT2D eigenvalue weighted by atomic mass is 16.5. The van der Waals surface area contributed by atoms with Gasteiger partial charge in [-0.15, -0.1) is 0 Å². The average Bonchev–Trinajstić information content (AvgIpc) is 3.33. The van der Waals surface area contributed by atoms with Crippen LogP contribution in [-0.4, -0.2) is 19.9 Å². The Balaban J connectivity index is 1.40. The van der Waals surface area contributed by atoms with E-state index >= 15 is 0 Å². The summed E-state index contributed by atoms with van der Waals surface area (Å²) in [6, 6.07) is 14.2. The van der Waals surface area contributed by atoms with Crippen LogP contribution in [0.25, 0.3) is 11.3 Å². The summed E-state index contributed by atoms with van der Waals surface area (Å²) in [5.74, 6) is 1.67. The van der Waals surface area contributed by atoms with Gasteiger partial charge in [-0.3, -0.25) is 4.68 Å². The summed E-state index contributed by atoms with van der Waals surface area (Å²) in [5, 5.41) is 8.62. The summed E-state index contributed by atoms with van der Waals surface area (Å²) >= 11 is 0. The fourth-order valence-corrected chi connectivity index (χ4v) is 3.34. The Morgan fingerprint density at radius 1 is 1.03 bits per heavy atom. The van der Waals surface area contributed by atoms with E-state index in [4.69, 9.17) is 10.3 Å². The molecule has 29 heavy (non-hydrogen) atoms. The van der Waals surface area contributed by atoms with E-state index in [-0.39, 0.29) is 0 Å². The van der Waals surface area contributed by atoms with Crippen LogP contribution in [0.3, 0.4) is 0 Å². The number of hydrogen-bond acceptors (Lipinski definition) is 5. The molecule has 0 aliphatic heterocycles. The number of nitrogen functional groups attached to an aromatic ring is 1. The lowest BCUT2D eigenvalue weighted by Crippen LogP contribution is -2.04. The Morgan fingerprint density at radius 3 is 2.52 bits per heavy atom. The van der Waals surface area contributed by atoms with Crippen molar-refractivity contribution >= 4 is 5.82 Å². The summed E-state index contributed by atoms with van der Waals surface area (Å²) in [6.45, 7) is 5.34. The zero-order valence-corrected chi connectivity index (χ0v) is 16.7. The van der Waals surface area contributed by atoms with E-state index in [1.807, 2.05) is 29.1 Å². The lowest BCUT2D eigenvalue weighted by Gasteiger charge is -2.04. The molecule has 0 saturated heterocycles. The Hall–Kier alpha value is -3.41. The van der Waals surface area contributed by atoms with Crippen molar-refractivity contribution in [2.24, 2.45) is 5.92 Å². The first-order valence-electron chi connectivity index (χ1n) is 9.82. The van der Waals surface area contributed by atoms with Gasteiger partial charge in [-0.05, 0) is 34.7 Å². The molecule has 0 saturated carbocycles. The first-order chi connectivity index (χ1) is 14.1. The van der Waals surface area contributed by atoms with Crippen LogP contribution in [0.1, 0.15) is 36.2 Å². The van der Waals surface area contributed by atoms with Crippen LogP contribution < -0.4 is 5.73 Å². The first-order valence-corrected chi connectivity index (χ1v) is 9.82. The zero-order valence-electron chi connectivity index (χ0n) is 16.7. The molecular weight excluding hydrogens is 362 g/mol. The van der Waals surface area contributed by atoms with Gasteiger partial charge in [-0.25, -0.2) is 4.98 Å². The van der Waals surface area contributed by atoms with Crippen LogP contribution >= 0.6 is 0 Å². The van der Waals surface area contributed by atoms with Crippen molar-refractivity contribution in [3.05, 3.63) is 83.4 Å². The average molecular weight is 387 g/mol. The Morgan fingerprint density at radius 2 is 1.79 bits per heavy atom. The molecule has 0 bridgehead atoms. The minimum Gasteiger partial charge on any atom is -0.383 e.